The predicted molar refractivity (Wildman–Crippen MR) is 73.2 cm³/mol. The van der Waals surface area contributed by atoms with Crippen LogP contribution in [-0.2, 0) is 4.79 Å². The van der Waals surface area contributed by atoms with Crippen molar-refractivity contribution in [2.24, 2.45) is 0 Å². The van der Waals surface area contributed by atoms with Gasteiger partial charge in [-0.1, -0.05) is 50.7 Å². The quantitative estimate of drug-likeness (QED) is 0.410. The van der Waals surface area contributed by atoms with Crippen LogP contribution in [0.5, 0.6) is 0 Å². The van der Waals surface area contributed by atoms with Crippen LogP contribution in [0.25, 0.3) is 0 Å². The fraction of sp³-hybridized carbons (Fsp3) is 0.800. The Labute approximate surface area is 106 Å². The van der Waals surface area contributed by atoms with E-state index < -0.39 is 5.97 Å². The summed E-state index contributed by atoms with van der Waals surface area (Å²) in [5.41, 5.74) is 1.42. The molecule has 0 spiro atoms. The van der Waals surface area contributed by atoms with Crippen LogP contribution in [0.15, 0.2) is 11.6 Å². The maximum Gasteiger partial charge on any atom is 0.303 e. The van der Waals surface area contributed by atoms with Gasteiger partial charge in [0, 0.05) is 6.42 Å². The van der Waals surface area contributed by atoms with Crippen LogP contribution in [-0.4, -0.2) is 11.1 Å². The molecule has 0 aliphatic rings. The van der Waals surface area contributed by atoms with E-state index in [1.165, 1.54) is 50.5 Å². The fourth-order valence-corrected chi connectivity index (χ4v) is 1.89. The molecule has 0 rings (SSSR count). The van der Waals surface area contributed by atoms with Gasteiger partial charge >= 0.3 is 5.97 Å². The molecule has 17 heavy (non-hydrogen) atoms. The summed E-state index contributed by atoms with van der Waals surface area (Å²) in [6.07, 6.45) is 13.4. The van der Waals surface area contributed by atoms with Gasteiger partial charge in [-0.3, -0.25) is 4.79 Å². The molecule has 0 aromatic rings. The molecule has 0 aromatic carbocycles. The first kappa shape index (κ1) is 16.2. The largest absolute Gasteiger partial charge is 0.481 e. The summed E-state index contributed by atoms with van der Waals surface area (Å²) in [5.74, 6) is -0.688. The number of carbonyl (C=O) groups is 1. The first-order valence-electron chi connectivity index (χ1n) is 7.04. The number of aliphatic carboxylic acids is 1. The van der Waals surface area contributed by atoms with Gasteiger partial charge in [-0.25, -0.2) is 0 Å². The smallest absolute Gasteiger partial charge is 0.303 e. The van der Waals surface area contributed by atoms with Gasteiger partial charge in [-0.2, -0.15) is 0 Å². The standard InChI is InChI=1S/C15H28O2/c1-3-4-5-6-7-8-11-14(2)12-9-10-13-15(16)17/h12H,3-11,13H2,1-2H3,(H,16,17). The molecular weight excluding hydrogens is 212 g/mol. The second-order valence-electron chi connectivity index (χ2n) is 4.85. The molecule has 0 unspecified atom stereocenters. The number of carboxylic acid groups (broad SMARTS) is 1. The highest BCUT2D eigenvalue weighted by molar-refractivity contribution is 5.66. The molecule has 100 valence electrons. The summed E-state index contributed by atoms with van der Waals surface area (Å²) in [6, 6.07) is 0. The molecule has 0 amide bonds. The van der Waals surface area contributed by atoms with Gasteiger partial charge in [0.05, 0.1) is 0 Å². The van der Waals surface area contributed by atoms with Crippen molar-refractivity contribution in [2.75, 3.05) is 0 Å². The van der Waals surface area contributed by atoms with Gasteiger partial charge in [0.1, 0.15) is 0 Å². The minimum atomic E-state index is -0.688. The molecule has 0 radical (unpaired) electrons. The minimum absolute atomic E-state index is 0.292. The van der Waals surface area contributed by atoms with Crippen LogP contribution in [0.1, 0.15) is 78.1 Å². The average molecular weight is 240 g/mol. The average Bonchev–Trinajstić information content (AvgIpc) is 2.29. The Bertz CT molecular complexity index is 219. The molecule has 0 bridgehead atoms. The van der Waals surface area contributed by atoms with Crippen LogP contribution < -0.4 is 0 Å². The summed E-state index contributed by atoms with van der Waals surface area (Å²) < 4.78 is 0. The summed E-state index contributed by atoms with van der Waals surface area (Å²) in [6.45, 7) is 4.40. The number of carboxylic acids is 1. The van der Waals surface area contributed by atoms with Crippen LogP contribution in [0.3, 0.4) is 0 Å². The first-order valence-corrected chi connectivity index (χ1v) is 7.04. The Kier molecular flexibility index (Phi) is 11.1. The number of rotatable bonds is 11. The van der Waals surface area contributed by atoms with Crippen molar-refractivity contribution in [3.63, 3.8) is 0 Å². The zero-order chi connectivity index (χ0) is 12.9. The third kappa shape index (κ3) is 13.1. The van der Waals surface area contributed by atoms with Crippen LogP contribution >= 0.6 is 0 Å². The third-order valence-electron chi connectivity index (χ3n) is 3.01. The number of hydrogen-bond donors (Lipinski definition) is 1. The van der Waals surface area contributed by atoms with E-state index >= 15 is 0 Å². The molecule has 0 heterocycles. The van der Waals surface area contributed by atoms with E-state index in [0.29, 0.717) is 6.42 Å². The third-order valence-corrected chi connectivity index (χ3v) is 3.01. The Morgan fingerprint density at radius 2 is 1.65 bits per heavy atom. The SMILES string of the molecule is CCCCCCCCC(C)=CCCCC(=O)O. The fourth-order valence-electron chi connectivity index (χ4n) is 1.89. The topological polar surface area (TPSA) is 37.3 Å². The molecular formula is C15H28O2. The molecule has 0 fully saturated rings. The van der Waals surface area contributed by atoms with Crippen LogP contribution in [0.2, 0.25) is 0 Å². The van der Waals surface area contributed by atoms with E-state index in [4.69, 9.17) is 5.11 Å². The van der Waals surface area contributed by atoms with Gasteiger partial charge in [-0.05, 0) is 32.6 Å². The molecule has 0 saturated heterocycles. The van der Waals surface area contributed by atoms with Crippen LogP contribution in [0, 0.1) is 0 Å². The van der Waals surface area contributed by atoms with Gasteiger partial charge in [-0.15, -0.1) is 0 Å². The lowest BCUT2D eigenvalue weighted by Crippen LogP contribution is -1.92. The van der Waals surface area contributed by atoms with Crippen molar-refractivity contribution in [1.82, 2.24) is 0 Å². The number of unbranched alkanes of at least 4 members (excludes halogenated alkanes) is 6. The van der Waals surface area contributed by atoms with Gasteiger partial charge < -0.3 is 5.11 Å². The summed E-state index contributed by atoms with van der Waals surface area (Å²) in [5, 5.41) is 8.50. The van der Waals surface area contributed by atoms with E-state index in [1.807, 2.05) is 0 Å². The molecule has 2 heteroatoms. The normalized spacial score (nSPS) is 11.8. The highest BCUT2D eigenvalue weighted by atomic mass is 16.4. The molecule has 1 N–H and O–H groups in total. The van der Waals surface area contributed by atoms with E-state index in [9.17, 15) is 4.79 Å². The summed E-state index contributed by atoms with van der Waals surface area (Å²) >= 11 is 0. The zero-order valence-corrected chi connectivity index (χ0v) is 11.5. The lowest BCUT2D eigenvalue weighted by molar-refractivity contribution is -0.137. The van der Waals surface area contributed by atoms with Gasteiger partial charge in [0.15, 0.2) is 0 Å². The van der Waals surface area contributed by atoms with Gasteiger partial charge in [0.25, 0.3) is 0 Å². The second kappa shape index (κ2) is 11.7. The van der Waals surface area contributed by atoms with E-state index in [-0.39, 0.29) is 0 Å². The van der Waals surface area contributed by atoms with E-state index in [0.717, 1.165) is 12.8 Å². The van der Waals surface area contributed by atoms with E-state index in [1.54, 1.807) is 0 Å². The number of hydrogen-bond acceptors (Lipinski definition) is 1. The lowest BCUT2D eigenvalue weighted by atomic mass is 10.0. The lowest BCUT2D eigenvalue weighted by Gasteiger charge is -2.02. The molecule has 0 aliphatic carbocycles. The van der Waals surface area contributed by atoms with Crippen molar-refractivity contribution < 1.29 is 9.90 Å². The Hall–Kier alpha value is -0.790. The highest BCUT2D eigenvalue weighted by Crippen LogP contribution is 2.12. The van der Waals surface area contributed by atoms with Gasteiger partial charge in [0.2, 0.25) is 0 Å². The van der Waals surface area contributed by atoms with Crippen molar-refractivity contribution >= 4 is 5.97 Å². The zero-order valence-electron chi connectivity index (χ0n) is 11.5. The molecule has 0 aliphatic heterocycles. The Morgan fingerprint density at radius 1 is 1.00 bits per heavy atom. The maximum atomic E-state index is 10.3. The molecule has 0 aromatic heterocycles. The Balaban J connectivity index is 3.34. The van der Waals surface area contributed by atoms with Crippen molar-refractivity contribution in [3.05, 3.63) is 11.6 Å². The maximum absolute atomic E-state index is 10.3. The second-order valence-corrected chi connectivity index (χ2v) is 4.85. The summed E-state index contributed by atoms with van der Waals surface area (Å²) in [4.78, 5) is 10.3. The summed E-state index contributed by atoms with van der Waals surface area (Å²) in [7, 11) is 0. The monoisotopic (exact) mass is 240 g/mol. The van der Waals surface area contributed by atoms with Crippen molar-refractivity contribution in [1.29, 1.82) is 0 Å². The first-order chi connectivity index (χ1) is 8.16. The molecule has 0 atom stereocenters. The Morgan fingerprint density at radius 3 is 2.29 bits per heavy atom. The number of allylic oxidation sites excluding steroid dienone is 2. The van der Waals surface area contributed by atoms with Crippen molar-refractivity contribution in [2.45, 2.75) is 78.1 Å². The van der Waals surface area contributed by atoms with Crippen LogP contribution in [0.4, 0.5) is 0 Å². The van der Waals surface area contributed by atoms with E-state index in [2.05, 4.69) is 19.9 Å². The minimum Gasteiger partial charge on any atom is -0.481 e. The highest BCUT2D eigenvalue weighted by Gasteiger charge is 1.96. The molecule has 0 saturated carbocycles. The van der Waals surface area contributed by atoms with Crippen molar-refractivity contribution in [3.8, 4) is 0 Å². The predicted octanol–water partition coefficient (Wildman–Crippen LogP) is 4.94. The molecule has 2 nitrogen and oxygen atoms in total.